The molecule has 1 atom stereocenters. The molecule has 1 aliphatic heterocycles. The lowest BCUT2D eigenvalue weighted by molar-refractivity contribution is 0.0753. The molecule has 1 saturated heterocycles. The van der Waals surface area contributed by atoms with E-state index in [9.17, 15) is 4.79 Å². The SMILES string of the molecule is CNc1cccc(C(=O)N2CCCC(C(C)C)CC2)n1. The number of amides is 1. The minimum absolute atomic E-state index is 0.0616. The largest absolute Gasteiger partial charge is 0.373 e. The third-order valence-corrected chi connectivity index (χ3v) is 4.23. The van der Waals surface area contributed by atoms with Crippen molar-refractivity contribution in [3.63, 3.8) is 0 Å². The van der Waals surface area contributed by atoms with Gasteiger partial charge in [-0.1, -0.05) is 19.9 Å². The fourth-order valence-corrected chi connectivity index (χ4v) is 2.85. The summed E-state index contributed by atoms with van der Waals surface area (Å²) in [6, 6.07) is 5.54. The number of hydrogen-bond donors (Lipinski definition) is 1. The highest BCUT2D eigenvalue weighted by Crippen LogP contribution is 2.25. The van der Waals surface area contributed by atoms with Crippen LogP contribution in [0.1, 0.15) is 43.6 Å². The second-order valence-electron chi connectivity index (χ2n) is 5.89. The molecule has 4 heteroatoms. The van der Waals surface area contributed by atoms with Crippen molar-refractivity contribution in [2.24, 2.45) is 11.8 Å². The molecular weight excluding hydrogens is 250 g/mol. The summed E-state index contributed by atoms with van der Waals surface area (Å²) in [6.07, 6.45) is 3.43. The molecule has 1 N–H and O–H groups in total. The first-order chi connectivity index (χ1) is 9.61. The summed E-state index contributed by atoms with van der Waals surface area (Å²) in [5.41, 5.74) is 0.542. The van der Waals surface area contributed by atoms with Crippen LogP contribution in [0.2, 0.25) is 0 Å². The van der Waals surface area contributed by atoms with E-state index in [1.165, 1.54) is 6.42 Å². The maximum Gasteiger partial charge on any atom is 0.272 e. The highest BCUT2D eigenvalue weighted by molar-refractivity contribution is 5.92. The molecule has 1 unspecified atom stereocenters. The van der Waals surface area contributed by atoms with Gasteiger partial charge in [-0.25, -0.2) is 4.98 Å². The number of aromatic nitrogens is 1. The van der Waals surface area contributed by atoms with Gasteiger partial charge in [-0.15, -0.1) is 0 Å². The lowest BCUT2D eigenvalue weighted by atomic mass is 9.89. The van der Waals surface area contributed by atoms with Gasteiger partial charge in [0.05, 0.1) is 0 Å². The molecule has 20 heavy (non-hydrogen) atoms. The fourth-order valence-electron chi connectivity index (χ4n) is 2.85. The third kappa shape index (κ3) is 3.50. The van der Waals surface area contributed by atoms with Crippen LogP contribution < -0.4 is 5.32 Å². The lowest BCUT2D eigenvalue weighted by Gasteiger charge is -2.21. The first-order valence-corrected chi connectivity index (χ1v) is 7.56. The predicted octanol–water partition coefficient (Wildman–Crippen LogP) is 3.02. The van der Waals surface area contributed by atoms with Crippen molar-refractivity contribution in [3.8, 4) is 0 Å². The molecule has 0 saturated carbocycles. The van der Waals surface area contributed by atoms with Crippen molar-refractivity contribution in [1.29, 1.82) is 0 Å². The molecule has 1 aromatic heterocycles. The molecule has 110 valence electrons. The van der Waals surface area contributed by atoms with Crippen molar-refractivity contribution < 1.29 is 4.79 Å². The van der Waals surface area contributed by atoms with Crippen LogP contribution in [0.3, 0.4) is 0 Å². The summed E-state index contributed by atoms with van der Waals surface area (Å²) in [4.78, 5) is 18.8. The average molecular weight is 275 g/mol. The summed E-state index contributed by atoms with van der Waals surface area (Å²) in [5.74, 6) is 2.25. The Bertz CT molecular complexity index is 459. The number of pyridine rings is 1. The van der Waals surface area contributed by atoms with Crippen LogP contribution in [0.5, 0.6) is 0 Å². The highest BCUT2D eigenvalue weighted by Gasteiger charge is 2.23. The number of carbonyl (C=O) groups excluding carboxylic acids is 1. The van der Waals surface area contributed by atoms with Gasteiger partial charge in [0.2, 0.25) is 0 Å². The topological polar surface area (TPSA) is 45.2 Å². The average Bonchev–Trinajstić information content (AvgIpc) is 2.72. The Morgan fingerprint density at radius 1 is 1.35 bits per heavy atom. The minimum atomic E-state index is 0.0616. The van der Waals surface area contributed by atoms with Gasteiger partial charge >= 0.3 is 0 Å². The number of rotatable bonds is 3. The van der Waals surface area contributed by atoms with E-state index in [2.05, 4.69) is 24.1 Å². The van der Waals surface area contributed by atoms with Crippen molar-refractivity contribution >= 4 is 11.7 Å². The van der Waals surface area contributed by atoms with Gasteiger partial charge in [0.25, 0.3) is 5.91 Å². The second kappa shape index (κ2) is 6.73. The van der Waals surface area contributed by atoms with Gasteiger partial charge < -0.3 is 10.2 Å². The van der Waals surface area contributed by atoms with Gasteiger partial charge in [0, 0.05) is 20.1 Å². The Kier molecular flexibility index (Phi) is 4.99. The Hall–Kier alpha value is -1.58. The Morgan fingerprint density at radius 3 is 2.85 bits per heavy atom. The molecule has 1 fully saturated rings. The summed E-state index contributed by atoms with van der Waals surface area (Å²) < 4.78 is 0. The van der Waals surface area contributed by atoms with Gasteiger partial charge in [0.1, 0.15) is 11.5 Å². The summed E-state index contributed by atoms with van der Waals surface area (Å²) in [7, 11) is 1.82. The standard InChI is InChI=1S/C16H25N3O/c1-12(2)13-6-5-10-19(11-9-13)16(20)14-7-4-8-15(17-3)18-14/h4,7-8,12-13H,5-6,9-11H2,1-3H3,(H,17,18). The highest BCUT2D eigenvalue weighted by atomic mass is 16.2. The number of likely N-dealkylation sites (tertiary alicyclic amines) is 1. The lowest BCUT2D eigenvalue weighted by Crippen LogP contribution is -2.32. The normalized spacial score (nSPS) is 19.8. The van der Waals surface area contributed by atoms with E-state index >= 15 is 0 Å². The van der Waals surface area contributed by atoms with Crippen LogP contribution >= 0.6 is 0 Å². The number of hydrogen-bond acceptors (Lipinski definition) is 3. The number of anilines is 1. The second-order valence-corrected chi connectivity index (χ2v) is 5.89. The van der Waals surface area contributed by atoms with Crippen molar-refractivity contribution in [3.05, 3.63) is 23.9 Å². The van der Waals surface area contributed by atoms with Crippen LogP contribution in [-0.4, -0.2) is 35.9 Å². The zero-order chi connectivity index (χ0) is 14.5. The molecule has 2 rings (SSSR count). The van der Waals surface area contributed by atoms with Gasteiger partial charge in [-0.3, -0.25) is 4.79 Å². The summed E-state index contributed by atoms with van der Waals surface area (Å²) in [5, 5.41) is 2.98. The first-order valence-electron chi connectivity index (χ1n) is 7.56. The third-order valence-electron chi connectivity index (χ3n) is 4.23. The summed E-state index contributed by atoms with van der Waals surface area (Å²) in [6.45, 7) is 6.26. The molecule has 2 heterocycles. The van der Waals surface area contributed by atoms with Crippen LogP contribution in [0.4, 0.5) is 5.82 Å². The Labute approximate surface area is 121 Å². The zero-order valence-corrected chi connectivity index (χ0v) is 12.7. The molecule has 0 aliphatic carbocycles. The maximum absolute atomic E-state index is 12.5. The molecule has 0 bridgehead atoms. The van der Waals surface area contributed by atoms with E-state index in [4.69, 9.17) is 0 Å². The molecule has 0 radical (unpaired) electrons. The Morgan fingerprint density at radius 2 is 2.15 bits per heavy atom. The van der Waals surface area contributed by atoms with E-state index in [0.29, 0.717) is 11.6 Å². The van der Waals surface area contributed by atoms with Gasteiger partial charge in [0.15, 0.2) is 0 Å². The molecule has 1 aliphatic rings. The first kappa shape index (κ1) is 14.8. The smallest absolute Gasteiger partial charge is 0.272 e. The van der Waals surface area contributed by atoms with E-state index in [-0.39, 0.29) is 5.91 Å². The monoisotopic (exact) mass is 275 g/mol. The molecule has 0 spiro atoms. The fraction of sp³-hybridized carbons (Fsp3) is 0.625. The molecular formula is C16H25N3O. The maximum atomic E-state index is 12.5. The predicted molar refractivity (Wildman–Crippen MR) is 81.9 cm³/mol. The van der Waals surface area contributed by atoms with Crippen LogP contribution in [0, 0.1) is 11.8 Å². The molecule has 1 aromatic rings. The molecule has 1 amide bonds. The number of carbonyl (C=O) groups is 1. The van der Waals surface area contributed by atoms with E-state index < -0.39 is 0 Å². The van der Waals surface area contributed by atoms with Crippen molar-refractivity contribution in [2.45, 2.75) is 33.1 Å². The van der Waals surface area contributed by atoms with Gasteiger partial charge in [-0.2, -0.15) is 0 Å². The number of nitrogens with one attached hydrogen (secondary N) is 1. The van der Waals surface area contributed by atoms with Crippen LogP contribution in [0.15, 0.2) is 18.2 Å². The Balaban J connectivity index is 2.05. The summed E-state index contributed by atoms with van der Waals surface area (Å²) >= 11 is 0. The quantitative estimate of drug-likeness (QED) is 0.922. The number of nitrogens with zero attached hydrogens (tertiary/aromatic N) is 2. The van der Waals surface area contributed by atoms with Crippen LogP contribution in [0.25, 0.3) is 0 Å². The van der Waals surface area contributed by atoms with Gasteiger partial charge in [-0.05, 0) is 43.2 Å². The minimum Gasteiger partial charge on any atom is -0.373 e. The molecule has 4 nitrogen and oxygen atoms in total. The van der Waals surface area contributed by atoms with E-state index in [1.54, 1.807) is 6.07 Å². The van der Waals surface area contributed by atoms with Crippen molar-refractivity contribution in [1.82, 2.24) is 9.88 Å². The van der Waals surface area contributed by atoms with E-state index in [0.717, 1.165) is 37.7 Å². The zero-order valence-electron chi connectivity index (χ0n) is 12.7. The molecule has 0 aromatic carbocycles. The van der Waals surface area contributed by atoms with E-state index in [1.807, 2.05) is 24.1 Å². The van der Waals surface area contributed by atoms with Crippen molar-refractivity contribution in [2.75, 3.05) is 25.5 Å². The van der Waals surface area contributed by atoms with Crippen LogP contribution in [-0.2, 0) is 0 Å².